The molecule has 82 valence electrons. The molecule has 0 aliphatic heterocycles. The Morgan fingerprint density at radius 3 is 2.36 bits per heavy atom. The van der Waals surface area contributed by atoms with Crippen molar-refractivity contribution in [2.45, 2.75) is 46.5 Å². The van der Waals surface area contributed by atoms with Gasteiger partial charge in [-0.1, -0.05) is 20.4 Å². The highest BCUT2D eigenvalue weighted by Crippen LogP contribution is 2.26. The van der Waals surface area contributed by atoms with Gasteiger partial charge >= 0.3 is 0 Å². The van der Waals surface area contributed by atoms with Crippen molar-refractivity contribution < 1.29 is 4.79 Å². The lowest BCUT2D eigenvalue weighted by atomic mass is 9.83. The number of carbonyl (C=O) groups is 1. The first-order chi connectivity index (χ1) is 6.39. The Hall–Kier alpha value is -0.630. The zero-order valence-corrected chi connectivity index (χ0v) is 9.73. The summed E-state index contributed by atoms with van der Waals surface area (Å²) < 4.78 is 0. The highest BCUT2D eigenvalue weighted by atomic mass is 16.1. The summed E-state index contributed by atoms with van der Waals surface area (Å²) in [7, 11) is 0. The molecule has 0 heterocycles. The van der Waals surface area contributed by atoms with Gasteiger partial charge < -0.3 is 5.73 Å². The summed E-state index contributed by atoms with van der Waals surface area (Å²) in [6.45, 7) is 10.5. The van der Waals surface area contributed by atoms with Crippen molar-refractivity contribution in [2.75, 3.05) is 6.54 Å². The topological polar surface area (TPSA) is 43.1 Å². The van der Waals surface area contributed by atoms with Crippen molar-refractivity contribution in [3.8, 4) is 0 Å². The number of ketones is 1. The molecule has 2 nitrogen and oxygen atoms in total. The fraction of sp³-hybridized carbons (Fsp3) is 0.750. The van der Waals surface area contributed by atoms with E-state index in [4.69, 9.17) is 5.73 Å². The summed E-state index contributed by atoms with van der Waals surface area (Å²) in [5, 5.41) is 0. The van der Waals surface area contributed by atoms with Gasteiger partial charge in [0.05, 0.1) is 0 Å². The standard InChI is InChI=1S/C12H23NO/c1-10(2)11(14)6-5-7-12(3,4)8-9-13/h1,5-9,13H2,2-4H3. The van der Waals surface area contributed by atoms with Gasteiger partial charge in [0.1, 0.15) is 0 Å². The minimum absolute atomic E-state index is 0.188. The van der Waals surface area contributed by atoms with Crippen LogP contribution in [0.3, 0.4) is 0 Å². The number of Topliss-reactive ketones (excluding diaryl/α,β-unsaturated/α-hetero) is 1. The van der Waals surface area contributed by atoms with E-state index in [1.54, 1.807) is 6.92 Å². The highest BCUT2D eigenvalue weighted by molar-refractivity contribution is 5.93. The van der Waals surface area contributed by atoms with Crippen molar-refractivity contribution in [2.24, 2.45) is 11.1 Å². The third-order valence-electron chi connectivity index (χ3n) is 2.55. The van der Waals surface area contributed by atoms with Crippen LogP contribution < -0.4 is 5.73 Å². The highest BCUT2D eigenvalue weighted by Gasteiger charge is 2.16. The van der Waals surface area contributed by atoms with Crippen molar-refractivity contribution in [1.82, 2.24) is 0 Å². The van der Waals surface area contributed by atoms with Gasteiger partial charge in [-0.15, -0.1) is 0 Å². The Labute approximate surface area is 87.6 Å². The van der Waals surface area contributed by atoms with E-state index in [1.165, 1.54) is 0 Å². The van der Waals surface area contributed by atoms with E-state index in [1.807, 2.05) is 0 Å². The second-order valence-electron chi connectivity index (χ2n) is 4.76. The normalized spacial score (nSPS) is 11.4. The Bertz CT molecular complexity index is 206. The molecule has 0 saturated heterocycles. The van der Waals surface area contributed by atoms with Crippen molar-refractivity contribution in [3.63, 3.8) is 0 Å². The second-order valence-corrected chi connectivity index (χ2v) is 4.76. The van der Waals surface area contributed by atoms with E-state index < -0.39 is 0 Å². The number of hydrogen-bond donors (Lipinski definition) is 1. The van der Waals surface area contributed by atoms with Gasteiger partial charge in [0.2, 0.25) is 0 Å². The van der Waals surface area contributed by atoms with Crippen LogP contribution in [0, 0.1) is 5.41 Å². The maximum Gasteiger partial charge on any atom is 0.157 e. The molecule has 0 aliphatic carbocycles. The summed E-state index contributed by atoms with van der Waals surface area (Å²) >= 11 is 0. The smallest absolute Gasteiger partial charge is 0.157 e. The molecule has 0 spiro atoms. The number of allylic oxidation sites excluding steroid dienone is 1. The monoisotopic (exact) mass is 197 g/mol. The lowest BCUT2D eigenvalue weighted by Crippen LogP contribution is -2.17. The molecule has 0 aliphatic rings. The maximum absolute atomic E-state index is 11.3. The molecule has 0 saturated carbocycles. The van der Waals surface area contributed by atoms with Gasteiger partial charge in [-0.25, -0.2) is 0 Å². The Balaban J connectivity index is 3.73. The fourth-order valence-corrected chi connectivity index (χ4v) is 1.46. The van der Waals surface area contributed by atoms with Crippen LogP contribution in [0.5, 0.6) is 0 Å². The molecule has 0 amide bonds. The minimum atomic E-state index is 0.188. The van der Waals surface area contributed by atoms with Gasteiger partial charge in [0, 0.05) is 6.42 Å². The molecule has 0 atom stereocenters. The van der Waals surface area contributed by atoms with Gasteiger partial charge in [-0.05, 0) is 43.7 Å². The molecule has 2 N–H and O–H groups in total. The Morgan fingerprint density at radius 1 is 1.36 bits per heavy atom. The molecule has 0 unspecified atom stereocenters. The Morgan fingerprint density at radius 2 is 1.93 bits per heavy atom. The largest absolute Gasteiger partial charge is 0.330 e. The number of rotatable bonds is 7. The van der Waals surface area contributed by atoms with E-state index in [-0.39, 0.29) is 11.2 Å². The molecular formula is C12H23NO. The van der Waals surface area contributed by atoms with Gasteiger partial charge in [-0.2, -0.15) is 0 Å². The predicted molar refractivity (Wildman–Crippen MR) is 61.1 cm³/mol. The lowest BCUT2D eigenvalue weighted by Gasteiger charge is -2.23. The van der Waals surface area contributed by atoms with Crippen LogP contribution in [0.15, 0.2) is 12.2 Å². The zero-order valence-electron chi connectivity index (χ0n) is 9.73. The minimum Gasteiger partial charge on any atom is -0.330 e. The molecule has 0 bridgehead atoms. The van der Waals surface area contributed by atoms with Gasteiger partial charge in [0.25, 0.3) is 0 Å². The molecule has 0 rings (SSSR count). The molecule has 0 aromatic heterocycles. The van der Waals surface area contributed by atoms with Crippen molar-refractivity contribution in [1.29, 1.82) is 0 Å². The average molecular weight is 197 g/mol. The van der Waals surface area contributed by atoms with Crippen LogP contribution in [-0.2, 0) is 4.79 Å². The first kappa shape index (κ1) is 13.4. The predicted octanol–water partition coefficient (Wildman–Crippen LogP) is 2.68. The molecule has 0 aromatic carbocycles. The van der Waals surface area contributed by atoms with E-state index in [0.29, 0.717) is 12.0 Å². The van der Waals surface area contributed by atoms with E-state index in [0.717, 1.165) is 25.8 Å². The van der Waals surface area contributed by atoms with Crippen LogP contribution in [0.1, 0.15) is 46.5 Å². The first-order valence-corrected chi connectivity index (χ1v) is 5.28. The first-order valence-electron chi connectivity index (χ1n) is 5.28. The Kier molecular flexibility index (Phi) is 5.70. The van der Waals surface area contributed by atoms with Gasteiger partial charge in [-0.3, -0.25) is 4.79 Å². The van der Waals surface area contributed by atoms with Gasteiger partial charge in [0.15, 0.2) is 5.78 Å². The van der Waals surface area contributed by atoms with E-state index in [9.17, 15) is 4.79 Å². The summed E-state index contributed by atoms with van der Waals surface area (Å²) in [6, 6.07) is 0. The van der Waals surface area contributed by atoms with Crippen molar-refractivity contribution >= 4 is 5.78 Å². The van der Waals surface area contributed by atoms with Crippen LogP contribution in [0.25, 0.3) is 0 Å². The summed E-state index contributed by atoms with van der Waals surface area (Å²) in [6.07, 6.45) is 3.65. The number of carbonyl (C=O) groups excluding carboxylic acids is 1. The summed E-state index contributed by atoms with van der Waals surface area (Å²) in [5.74, 6) is 0.188. The summed E-state index contributed by atoms with van der Waals surface area (Å²) in [5.41, 5.74) is 6.45. The molecule has 0 aromatic rings. The van der Waals surface area contributed by atoms with Crippen molar-refractivity contribution in [3.05, 3.63) is 12.2 Å². The van der Waals surface area contributed by atoms with E-state index >= 15 is 0 Å². The molecule has 0 fully saturated rings. The fourth-order valence-electron chi connectivity index (χ4n) is 1.46. The van der Waals surface area contributed by atoms with Crippen LogP contribution in [0.2, 0.25) is 0 Å². The number of nitrogens with two attached hydrogens (primary N) is 1. The third kappa shape index (κ3) is 5.92. The SMILES string of the molecule is C=C(C)C(=O)CCCC(C)(C)CCN. The number of hydrogen-bond acceptors (Lipinski definition) is 2. The quantitative estimate of drug-likeness (QED) is 0.638. The van der Waals surface area contributed by atoms with Crippen LogP contribution in [-0.4, -0.2) is 12.3 Å². The average Bonchev–Trinajstić information content (AvgIpc) is 2.03. The van der Waals surface area contributed by atoms with Crippen LogP contribution in [0.4, 0.5) is 0 Å². The third-order valence-corrected chi connectivity index (χ3v) is 2.55. The zero-order chi connectivity index (χ0) is 11.2. The summed E-state index contributed by atoms with van der Waals surface area (Å²) in [4.78, 5) is 11.3. The maximum atomic E-state index is 11.3. The molecular weight excluding hydrogens is 174 g/mol. The lowest BCUT2D eigenvalue weighted by molar-refractivity contribution is -0.115. The van der Waals surface area contributed by atoms with E-state index in [2.05, 4.69) is 20.4 Å². The molecule has 14 heavy (non-hydrogen) atoms. The molecule has 0 radical (unpaired) electrons. The molecule has 2 heteroatoms. The second kappa shape index (κ2) is 5.97. The van der Waals surface area contributed by atoms with Crippen LogP contribution >= 0.6 is 0 Å².